The van der Waals surface area contributed by atoms with E-state index < -0.39 is 16.4 Å². The molecule has 0 atom stereocenters. The predicted octanol–water partition coefficient (Wildman–Crippen LogP) is 6.30. The highest BCUT2D eigenvalue weighted by molar-refractivity contribution is 7.21. The van der Waals surface area contributed by atoms with E-state index in [1.54, 1.807) is 19.1 Å². The fourth-order valence-corrected chi connectivity index (χ4v) is 4.45. The number of nitro benzene ring substituents is 1. The molecule has 0 radical (unpaired) electrons. The van der Waals surface area contributed by atoms with Crippen LogP contribution in [0.2, 0.25) is 5.02 Å². The molecule has 0 saturated carbocycles. The molecule has 0 amide bonds. The first-order valence-electron chi connectivity index (χ1n) is 9.17. The number of hydrogen-bond acceptors (Lipinski definition) is 7. The van der Waals surface area contributed by atoms with Crippen LogP contribution in [0.25, 0.3) is 20.8 Å². The Balaban J connectivity index is 1.77. The Bertz CT molecular complexity index is 1350. The number of phenols is 2. The number of phenolic OH excluding ortho intramolecular Hbond substituents is 2. The van der Waals surface area contributed by atoms with Crippen LogP contribution in [-0.2, 0) is 0 Å². The third-order valence-corrected chi connectivity index (χ3v) is 6.56. The van der Waals surface area contributed by atoms with Crippen LogP contribution in [0.1, 0.15) is 16.7 Å². The average Bonchev–Trinajstić information content (AvgIpc) is 3.17. The van der Waals surface area contributed by atoms with Gasteiger partial charge in [0.15, 0.2) is 0 Å². The molecule has 0 spiro atoms. The highest BCUT2D eigenvalue weighted by Crippen LogP contribution is 2.41. The van der Waals surface area contributed by atoms with Crippen molar-refractivity contribution in [2.24, 2.45) is 4.99 Å². The summed E-state index contributed by atoms with van der Waals surface area (Å²) in [5.41, 5.74) is 2.22. The first-order chi connectivity index (χ1) is 14.8. The summed E-state index contributed by atoms with van der Waals surface area (Å²) >= 11 is 7.68. The molecule has 3 aromatic carbocycles. The van der Waals surface area contributed by atoms with Crippen molar-refractivity contribution in [1.82, 2.24) is 4.98 Å². The number of nitrogens with zero attached hydrogens (tertiary/aromatic N) is 3. The second kappa shape index (κ2) is 7.98. The summed E-state index contributed by atoms with van der Waals surface area (Å²) in [6.07, 6.45) is 1.33. The summed E-state index contributed by atoms with van der Waals surface area (Å²) in [5, 5.41) is 33.0. The van der Waals surface area contributed by atoms with Crippen LogP contribution in [0.5, 0.6) is 11.5 Å². The zero-order valence-electron chi connectivity index (χ0n) is 16.5. The monoisotopic (exact) mass is 453 g/mol. The van der Waals surface area contributed by atoms with Gasteiger partial charge in [0.2, 0.25) is 5.75 Å². The zero-order valence-corrected chi connectivity index (χ0v) is 18.0. The van der Waals surface area contributed by atoms with Crippen LogP contribution in [0, 0.1) is 24.0 Å². The van der Waals surface area contributed by atoms with Crippen molar-refractivity contribution in [1.29, 1.82) is 0 Å². The Kier molecular flexibility index (Phi) is 5.34. The second-order valence-corrected chi connectivity index (χ2v) is 8.29. The third kappa shape index (κ3) is 3.71. The first kappa shape index (κ1) is 20.8. The van der Waals surface area contributed by atoms with Crippen molar-refractivity contribution in [3.05, 3.63) is 74.3 Å². The minimum atomic E-state index is -0.668. The smallest absolute Gasteiger partial charge is 0.315 e. The molecular formula is C22H16ClN3O4S. The van der Waals surface area contributed by atoms with E-state index in [1.165, 1.54) is 30.5 Å². The number of thiazole rings is 1. The van der Waals surface area contributed by atoms with Gasteiger partial charge in [0.05, 0.1) is 31.4 Å². The number of halogens is 1. The lowest BCUT2D eigenvalue weighted by atomic mass is 10.0. The molecule has 0 aliphatic rings. The third-order valence-electron chi connectivity index (χ3n) is 4.93. The van der Waals surface area contributed by atoms with E-state index in [2.05, 4.69) is 9.98 Å². The number of rotatable bonds is 4. The van der Waals surface area contributed by atoms with E-state index in [0.29, 0.717) is 21.8 Å². The molecule has 156 valence electrons. The van der Waals surface area contributed by atoms with Gasteiger partial charge in [-0.1, -0.05) is 23.7 Å². The summed E-state index contributed by atoms with van der Waals surface area (Å²) in [6, 6.07) is 12.4. The van der Waals surface area contributed by atoms with Crippen LogP contribution in [-0.4, -0.2) is 26.3 Å². The predicted molar refractivity (Wildman–Crippen MR) is 123 cm³/mol. The number of aromatic nitrogens is 1. The van der Waals surface area contributed by atoms with Gasteiger partial charge in [-0.2, -0.15) is 0 Å². The van der Waals surface area contributed by atoms with Crippen LogP contribution in [0.4, 0.5) is 11.4 Å². The quantitative estimate of drug-likeness (QED) is 0.214. The number of aliphatic imine (C=N–C) groups is 1. The maximum atomic E-state index is 11.4. The van der Waals surface area contributed by atoms with E-state index in [9.17, 15) is 20.3 Å². The molecule has 4 aromatic rings. The van der Waals surface area contributed by atoms with Gasteiger partial charge >= 0.3 is 5.69 Å². The number of nitro groups is 1. The van der Waals surface area contributed by atoms with E-state index in [4.69, 9.17) is 11.6 Å². The molecule has 9 heteroatoms. The van der Waals surface area contributed by atoms with Crippen LogP contribution in [0.15, 0.2) is 47.5 Å². The Hall–Kier alpha value is -3.49. The maximum absolute atomic E-state index is 11.4. The molecule has 31 heavy (non-hydrogen) atoms. The lowest BCUT2D eigenvalue weighted by molar-refractivity contribution is -0.386. The Morgan fingerprint density at radius 3 is 2.61 bits per heavy atom. The second-order valence-electron chi connectivity index (χ2n) is 6.88. The number of hydrogen-bond donors (Lipinski definition) is 2. The molecule has 2 N–H and O–H groups in total. The van der Waals surface area contributed by atoms with Gasteiger partial charge in [-0.25, -0.2) is 4.98 Å². The van der Waals surface area contributed by atoms with Gasteiger partial charge < -0.3 is 10.2 Å². The highest BCUT2D eigenvalue weighted by atomic mass is 35.5. The normalized spacial score (nSPS) is 11.5. The Labute approximate surface area is 186 Å². The fraction of sp³-hybridized carbons (Fsp3) is 0.0909. The maximum Gasteiger partial charge on any atom is 0.315 e. The first-order valence-corrected chi connectivity index (χ1v) is 10.4. The van der Waals surface area contributed by atoms with Gasteiger partial charge in [-0.15, -0.1) is 11.3 Å². The van der Waals surface area contributed by atoms with Crippen LogP contribution >= 0.6 is 22.9 Å². The summed E-state index contributed by atoms with van der Waals surface area (Å²) in [4.78, 5) is 19.6. The summed E-state index contributed by atoms with van der Waals surface area (Å²) in [7, 11) is 0. The van der Waals surface area contributed by atoms with E-state index in [1.807, 2.05) is 24.3 Å². The molecule has 4 rings (SSSR count). The minimum absolute atomic E-state index is 0.0612. The standard InChI is InChI=1S/C22H16ClN3O4S/c1-11-15(21(28)20(26(29)30)12(2)19(11)23)10-24-13-7-8-17(27)14(9-13)22-25-16-5-3-4-6-18(16)31-22/h3-10,27-28H,1-2H3. The molecule has 7 nitrogen and oxygen atoms in total. The molecule has 0 unspecified atom stereocenters. The van der Waals surface area contributed by atoms with E-state index in [-0.39, 0.29) is 21.9 Å². The van der Waals surface area contributed by atoms with Crippen molar-refractivity contribution in [2.75, 3.05) is 0 Å². The summed E-state index contributed by atoms with van der Waals surface area (Å²) < 4.78 is 0.993. The minimum Gasteiger partial charge on any atom is -0.507 e. The van der Waals surface area contributed by atoms with Crippen molar-refractivity contribution >= 4 is 50.7 Å². The van der Waals surface area contributed by atoms with Crippen molar-refractivity contribution in [3.63, 3.8) is 0 Å². The van der Waals surface area contributed by atoms with Gasteiger partial charge in [-0.05, 0) is 49.7 Å². The van der Waals surface area contributed by atoms with Crippen molar-refractivity contribution < 1.29 is 15.1 Å². The van der Waals surface area contributed by atoms with Crippen molar-refractivity contribution in [2.45, 2.75) is 13.8 Å². The Morgan fingerprint density at radius 2 is 1.90 bits per heavy atom. The van der Waals surface area contributed by atoms with Gasteiger partial charge in [0.25, 0.3) is 0 Å². The van der Waals surface area contributed by atoms with Crippen LogP contribution in [0.3, 0.4) is 0 Å². The molecule has 0 aliphatic carbocycles. The van der Waals surface area contributed by atoms with Crippen LogP contribution < -0.4 is 0 Å². The van der Waals surface area contributed by atoms with E-state index >= 15 is 0 Å². The highest BCUT2D eigenvalue weighted by Gasteiger charge is 2.25. The number of fused-ring (bicyclic) bond motifs is 1. The molecule has 1 heterocycles. The lowest BCUT2D eigenvalue weighted by Crippen LogP contribution is -2.00. The molecule has 0 saturated heterocycles. The number of para-hydroxylation sites is 1. The zero-order chi connectivity index (χ0) is 22.3. The molecular weight excluding hydrogens is 438 g/mol. The summed E-state index contributed by atoms with van der Waals surface area (Å²) in [5.74, 6) is -0.427. The largest absolute Gasteiger partial charge is 0.507 e. The molecule has 0 fully saturated rings. The van der Waals surface area contributed by atoms with E-state index in [0.717, 1.165) is 10.2 Å². The van der Waals surface area contributed by atoms with Gasteiger partial charge in [-0.3, -0.25) is 15.1 Å². The molecule has 0 aliphatic heterocycles. The van der Waals surface area contributed by atoms with Gasteiger partial charge in [0, 0.05) is 17.3 Å². The van der Waals surface area contributed by atoms with Crippen molar-refractivity contribution in [3.8, 4) is 22.1 Å². The fourth-order valence-electron chi connectivity index (χ4n) is 3.27. The lowest BCUT2D eigenvalue weighted by Gasteiger charge is -2.10. The number of benzene rings is 3. The number of aromatic hydroxyl groups is 2. The Morgan fingerprint density at radius 1 is 1.16 bits per heavy atom. The topological polar surface area (TPSA) is 109 Å². The molecule has 1 aromatic heterocycles. The SMILES string of the molecule is Cc1c(Cl)c(C)c([N+](=O)[O-])c(O)c1C=Nc1ccc(O)c(-c2nc3ccccc3s2)c1. The van der Waals surface area contributed by atoms with Gasteiger partial charge in [0.1, 0.15) is 10.8 Å². The summed E-state index contributed by atoms with van der Waals surface area (Å²) in [6.45, 7) is 3.14. The average molecular weight is 454 g/mol. The molecule has 0 bridgehead atoms.